The molecule has 8 nitrogen and oxygen atoms in total. The fourth-order valence-electron chi connectivity index (χ4n) is 3.63. The molecule has 10 heteroatoms. The van der Waals surface area contributed by atoms with Crippen molar-refractivity contribution in [1.29, 1.82) is 0 Å². The smallest absolute Gasteiger partial charge is 0.328 e. The Morgan fingerprint density at radius 1 is 1.18 bits per heavy atom. The van der Waals surface area contributed by atoms with Crippen LogP contribution in [0.25, 0.3) is 11.9 Å². The maximum atomic E-state index is 15.3. The zero-order valence-corrected chi connectivity index (χ0v) is 20.5. The molecule has 0 unspecified atom stereocenters. The van der Waals surface area contributed by atoms with E-state index in [4.69, 9.17) is 4.74 Å². The summed E-state index contributed by atoms with van der Waals surface area (Å²) in [5.74, 6) is -0.527. The van der Waals surface area contributed by atoms with Crippen LogP contribution in [0.5, 0.6) is 5.75 Å². The fourth-order valence-corrected chi connectivity index (χ4v) is 4.19. The number of sulfonamides is 1. The molecule has 1 heterocycles. The number of nitrogens with zero attached hydrogens (tertiary/aromatic N) is 1. The van der Waals surface area contributed by atoms with Crippen LogP contribution in [0.4, 0.5) is 20.6 Å². The van der Waals surface area contributed by atoms with E-state index >= 15 is 4.39 Å². The third-order valence-corrected chi connectivity index (χ3v) is 5.79. The minimum absolute atomic E-state index is 0.163. The Labute approximate surface area is 198 Å². The van der Waals surface area contributed by atoms with Crippen LogP contribution in [-0.2, 0) is 20.2 Å². The summed E-state index contributed by atoms with van der Waals surface area (Å²) in [7, 11) is -1.97. The van der Waals surface area contributed by atoms with Gasteiger partial charge in [-0.25, -0.2) is 22.5 Å². The molecule has 0 saturated carbocycles. The van der Waals surface area contributed by atoms with E-state index in [1.807, 2.05) is 20.8 Å². The van der Waals surface area contributed by atoms with E-state index in [1.165, 1.54) is 43.5 Å². The number of urea groups is 1. The van der Waals surface area contributed by atoms with E-state index in [0.29, 0.717) is 28.3 Å². The summed E-state index contributed by atoms with van der Waals surface area (Å²) in [5.41, 5.74) is 1.46. The zero-order chi connectivity index (χ0) is 25.3. The number of nitrogens with one attached hydrogen (secondary N) is 2. The highest BCUT2D eigenvalue weighted by atomic mass is 32.2. The molecular formula is C24H28FN3O5S. The van der Waals surface area contributed by atoms with Crippen molar-refractivity contribution < 1.29 is 27.1 Å². The second-order valence-corrected chi connectivity index (χ2v) is 10.8. The summed E-state index contributed by atoms with van der Waals surface area (Å²) in [6.07, 6.45) is 2.46. The lowest BCUT2D eigenvalue weighted by Crippen LogP contribution is -2.50. The summed E-state index contributed by atoms with van der Waals surface area (Å²) < 4.78 is 46.0. The summed E-state index contributed by atoms with van der Waals surface area (Å²) in [4.78, 5) is 26.0. The van der Waals surface area contributed by atoms with Gasteiger partial charge in [-0.1, -0.05) is 20.8 Å². The number of carbonyl (C=O) groups is 2. The van der Waals surface area contributed by atoms with E-state index in [9.17, 15) is 18.0 Å². The van der Waals surface area contributed by atoms with Crippen LogP contribution in [0, 0.1) is 0 Å². The van der Waals surface area contributed by atoms with Crippen LogP contribution < -0.4 is 19.7 Å². The van der Waals surface area contributed by atoms with Gasteiger partial charge in [-0.15, -0.1) is 0 Å². The lowest BCUT2D eigenvalue weighted by Gasteiger charge is -2.29. The van der Waals surface area contributed by atoms with Crippen LogP contribution >= 0.6 is 0 Å². The Kier molecular flexibility index (Phi) is 7.02. The van der Waals surface area contributed by atoms with Crippen molar-refractivity contribution in [2.45, 2.75) is 32.6 Å². The Morgan fingerprint density at radius 3 is 2.35 bits per heavy atom. The molecule has 3 rings (SSSR count). The number of anilines is 2. The average Bonchev–Trinajstić information content (AvgIpc) is 2.72. The molecule has 0 aliphatic carbocycles. The standard InChI is InChI=1S/C24H28FN3O5S/c1-24(2,3)19-14-18(28-21(29)10-11-26-23(28)30)12-16(22(19)33-4)13-20(25)15-6-8-17(9-7-15)27-34(5,31)32/h6-9,12-14,27H,10-11H2,1-5H3,(H,26,30)/b20-13-. The highest BCUT2D eigenvalue weighted by Crippen LogP contribution is 2.40. The van der Waals surface area contributed by atoms with Gasteiger partial charge in [-0.2, -0.15) is 0 Å². The van der Waals surface area contributed by atoms with E-state index in [2.05, 4.69) is 10.0 Å². The van der Waals surface area contributed by atoms with Gasteiger partial charge in [0.1, 0.15) is 11.6 Å². The van der Waals surface area contributed by atoms with Gasteiger partial charge in [0, 0.05) is 35.3 Å². The molecule has 0 radical (unpaired) electrons. The maximum absolute atomic E-state index is 15.3. The average molecular weight is 490 g/mol. The van der Waals surface area contributed by atoms with Crippen LogP contribution in [0.2, 0.25) is 0 Å². The Morgan fingerprint density at radius 2 is 1.82 bits per heavy atom. The molecular weight excluding hydrogens is 461 g/mol. The molecule has 2 N–H and O–H groups in total. The lowest BCUT2D eigenvalue weighted by atomic mass is 9.84. The number of hydrogen-bond donors (Lipinski definition) is 2. The topological polar surface area (TPSA) is 105 Å². The first-order valence-electron chi connectivity index (χ1n) is 10.6. The SMILES string of the molecule is COc1c(/C=C(\F)c2ccc(NS(C)(=O)=O)cc2)cc(N2C(=O)CCNC2=O)cc1C(C)(C)C. The van der Waals surface area contributed by atoms with Gasteiger partial charge >= 0.3 is 6.03 Å². The van der Waals surface area contributed by atoms with E-state index in [0.717, 1.165) is 11.2 Å². The highest BCUT2D eigenvalue weighted by molar-refractivity contribution is 7.92. The molecule has 1 fully saturated rings. The van der Waals surface area contributed by atoms with Crippen molar-refractivity contribution in [3.63, 3.8) is 0 Å². The van der Waals surface area contributed by atoms with Crippen molar-refractivity contribution in [3.05, 3.63) is 53.1 Å². The van der Waals surface area contributed by atoms with Crippen molar-refractivity contribution in [1.82, 2.24) is 5.32 Å². The Hall–Kier alpha value is -3.40. The molecule has 182 valence electrons. The lowest BCUT2D eigenvalue weighted by molar-refractivity contribution is -0.118. The number of carbonyl (C=O) groups excluding carboxylic acids is 2. The highest BCUT2D eigenvalue weighted by Gasteiger charge is 2.30. The summed E-state index contributed by atoms with van der Waals surface area (Å²) in [6, 6.07) is 8.51. The summed E-state index contributed by atoms with van der Waals surface area (Å²) in [5, 5.41) is 2.65. The number of methoxy groups -OCH3 is 1. The number of hydrogen-bond acceptors (Lipinski definition) is 5. The number of ether oxygens (including phenoxy) is 1. The molecule has 1 aliphatic rings. The molecule has 0 aromatic heterocycles. The van der Waals surface area contributed by atoms with Gasteiger partial charge in [-0.05, 0) is 47.9 Å². The predicted octanol–water partition coefficient (Wildman–Crippen LogP) is 4.28. The molecule has 1 saturated heterocycles. The zero-order valence-electron chi connectivity index (χ0n) is 19.7. The molecule has 0 atom stereocenters. The number of benzene rings is 2. The molecule has 2 aromatic carbocycles. The Balaban J connectivity index is 2.11. The predicted molar refractivity (Wildman–Crippen MR) is 131 cm³/mol. The first kappa shape index (κ1) is 25.2. The van der Waals surface area contributed by atoms with E-state index in [-0.39, 0.29) is 24.4 Å². The largest absolute Gasteiger partial charge is 0.496 e. The van der Waals surface area contributed by atoms with Gasteiger partial charge in [-0.3, -0.25) is 9.52 Å². The summed E-state index contributed by atoms with van der Waals surface area (Å²) >= 11 is 0. The van der Waals surface area contributed by atoms with Crippen LogP contribution in [0.1, 0.15) is 43.9 Å². The monoisotopic (exact) mass is 489 g/mol. The quantitative estimate of drug-likeness (QED) is 0.590. The van der Waals surface area contributed by atoms with Gasteiger partial charge in [0.05, 0.1) is 19.1 Å². The van der Waals surface area contributed by atoms with Gasteiger partial charge in [0.2, 0.25) is 15.9 Å². The first-order chi connectivity index (χ1) is 15.8. The van der Waals surface area contributed by atoms with Crippen LogP contribution in [0.3, 0.4) is 0 Å². The molecule has 34 heavy (non-hydrogen) atoms. The van der Waals surface area contributed by atoms with Gasteiger partial charge < -0.3 is 10.1 Å². The molecule has 1 aliphatic heterocycles. The molecule has 0 spiro atoms. The third-order valence-electron chi connectivity index (χ3n) is 5.19. The molecule has 3 amide bonds. The van der Waals surface area contributed by atoms with Gasteiger partial charge in [0.25, 0.3) is 0 Å². The minimum atomic E-state index is -3.45. The van der Waals surface area contributed by atoms with Gasteiger partial charge in [0.15, 0.2) is 0 Å². The number of rotatable bonds is 6. The summed E-state index contributed by atoms with van der Waals surface area (Å²) in [6.45, 7) is 6.11. The normalized spacial score (nSPS) is 15.2. The minimum Gasteiger partial charge on any atom is -0.496 e. The van der Waals surface area contributed by atoms with E-state index < -0.39 is 27.3 Å². The van der Waals surface area contributed by atoms with Crippen molar-refractivity contribution in [2.75, 3.05) is 29.5 Å². The third kappa shape index (κ3) is 5.74. The van der Waals surface area contributed by atoms with Crippen molar-refractivity contribution in [2.24, 2.45) is 0 Å². The second kappa shape index (κ2) is 9.46. The second-order valence-electron chi connectivity index (χ2n) is 9.02. The number of halogens is 1. The number of amides is 3. The maximum Gasteiger partial charge on any atom is 0.328 e. The van der Waals surface area contributed by atoms with Crippen LogP contribution in [-0.4, -0.2) is 40.3 Å². The van der Waals surface area contributed by atoms with Crippen molar-refractivity contribution in [3.8, 4) is 5.75 Å². The molecule has 0 bridgehead atoms. The van der Waals surface area contributed by atoms with Crippen molar-refractivity contribution >= 4 is 45.2 Å². The first-order valence-corrected chi connectivity index (χ1v) is 12.5. The Bertz CT molecular complexity index is 1230. The molecule has 2 aromatic rings. The van der Waals surface area contributed by atoms with E-state index in [1.54, 1.807) is 6.07 Å². The van der Waals surface area contributed by atoms with Crippen LogP contribution in [0.15, 0.2) is 36.4 Å². The number of imide groups is 1. The fraction of sp³-hybridized carbons (Fsp3) is 0.333.